The van der Waals surface area contributed by atoms with Crippen LogP contribution < -0.4 is 0 Å². The number of hydrogen-bond donors (Lipinski definition) is 0. The smallest absolute Gasteiger partial charge is 0.121 e. The van der Waals surface area contributed by atoms with Crippen molar-refractivity contribution in [2.75, 3.05) is 13.1 Å². The van der Waals surface area contributed by atoms with Gasteiger partial charge in [0.25, 0.3) is 0 Å². The highest BCUT2D eigenvalue weighted by atomic mass is 15.6. The highest BCUT2D eigenvalue weighted by Gasteiger charge is 2.28. The minimum absolute atomic E-state index is 0.481. The molecule has 14 heavy (non-hydrogen) atoms. The summed E-state index contributed by atoms with van der Waals surface area (Å²) in [5, 5.41) is 6.68. The van der Waals surface area contributed by atoms with Crippen LogP contribution in [0.2, 0.25) is 0 Å². The fourth-order valence-corrected chi connectivity index (χ4v) is 2.03. The van der Waals surface area contributed by atoms with Gasteiger partial charge in [0.2, 0.25) is 0 Å². The summed E-state index contributed by atoms with van der Waals surface area (Å²) >= 11 is 0. The minimum atomic E-state index is 0.481. The fourth-order valence-electron chi connectivity index (χ4n) is 2.03. The molecule has 0 N–H and O–H groups in total. The summed E-state index contributed by atoms with van der Waals surface area (Å²) in [6.07, 6.45) is 4.84. The van der Waals surface area contributed by atoms with E-state index < -0.39 is 0 Å². The van der Waals surface area contributed by atoms with Crippen LogP contribution >= 0.6 is 0 Å². The van der Waals surface area contributed by atoms with Crippen molar-refractivity contribution in [3.8, 4) is 0 Å². The van der Waals surface area contributed by atoms with Gasteiger partial charge in [-0.05, 0) is 18.8 Å². The first-order valence-electron chi connectivity index (χ1n) is 5.77. The van der Waals surface area contributed by atoms with Crippen LogP contribution in [-0.4, -0.2) is 35.5 Å². The molecule has 0 amide bonds. The summed E-state index contributed by atoms with van der Waals surface area (Å²) in [5.74, 6) is 0.635. The Balaban J connectivity index is 2.59. The zero-order chi connectivity index (χ0) is 10.6. The molecule has 0 fully saturated rings. The predicted octanol–water partition coefficient (Wildman–Crippen LogP) is 2.35. The minimum Gasteiger partial charge on any atom is -0.339 e. The third-order valence-corrected chi connectivity index (χ3v) is 2.52. The highest BCUT2D eigenvalue weighted by molar-refractivity contribution is 5.57. The Morgan fingerprint density at radius 2 is 1.86 bits per heavy atom. The molecule has 3 heteroatoms. The van der Waals surface area contributed by atoms with E-state index in [1.54, 1.807) is 0 Å². The molecule has 0 saturated heterocycles. The van der Waals surface area contributed by atoms with Gasteiger partial charge in [-0.2, -0.15) is 5.10 Å². The highest BCUT2D eigenvalue weighted by Crippen LogP contribution is 2.20. The molecule has 1 aliphatic rings. The van der Waals surface area contributed by atoms with Crippen LogP contribution in [0.1, 0.15) is 40.5 Å². The standard InChI is InChI=1S/C11H23N3/c1-5-7-13-9-12-14(8-6-2)11(13)10(3)4/h9-11H,5-8H2,1-4H3. The van der Waals surface area contributed by atoms with Crippen LogP contribution in [0.5, 0.6) is 0 Å². The average molecular weight is 197 g/mol. The van der Waals surface area contributed by atoms with E-state index in [1.807, 2.05) is 6.34 Å². The summed E-state index contributed by atoms with van der Waals surface area (Å²) in [6, 6.07) is 0. The van der Waals surface area contributed by atoms with E-state index in [9.17, 15) is 0 Å². The lowest BCUT2D eigenvalue weighted by atomic mass is 10.1. The van der Waals surface area contributed by atoms with Gasteiger partial charge in [-0.3, -0.25) is 5.01 Å². The molecule has 0 aromatic rings. The molecule has 0 saturated carbocycles. The largest absolute Gasteiger partial charge is 0.339 e. The second-order valence-corrected chi connectivity index (χ2v) is 4.29. The van der Waals surface area contributed by atoms with Crippen LogP contribution in [0, 0.1) is 5.92 Å². The van der Waals surface area contributed by atoms with Gasteiger partial charge in [0.05, 0.1) is 0 Å². The van der Waals surface area contributed by atoms with E-state index in [-0.39, 0.29) is 0 Å². The molecule has 1 atom stereocenters. The van der Waals surface area contributed by atoms with Crippen molar-refractivity contribution in [1.82, 2.24) is 9.91 Å². The Hall–Kier alpha value is -0.730. The second kappa shape index (κ2) is 5.23. The van der Waals surface area contributed by atoms with Gasteiger partial charge in [-0.15, -0.1) is 0 Å². The zero-order valence-corrected chi connectivity index (χ0v) is 9.90. The van der Waals surface area contributed by atoms with E-state index in [2.05, 4.69) is 42.7 Å². The third-order valence-electron chi connectivity index (χ3n) is 2.52. The van der Waals surface area contributed by atoms with Crippen molar-refractivity contribution < 1.29 is 0 Å². The Kier molecular flexibility index (Phi) is 4.23. The molecule has 1 aliphatic heterocycles. The summed E-state index contributed by atoms with van der Waals surface area (Å²) in [4.78, 5) is 2.36. The molecule has 1 unspecified atom stereocenters. The topological polar surface area (TPSA) is 18.8 Å². The van der Waals surface area contributed by atoms with Crippen LogP contribution in [0.25, 0.3) is 0 Å². The number of hydrazone groups is 1. The Morgan fingerprint density at radius 1 is 1.21 bits per heavy atom. The van der Waals surface area contributed by atoms with E-state index >= 15 is 0 Å². The van der Waals surface area contributed by atoms with Crippen LogP contribution in [0.4, 0.5) is 0 Å². The first kappa shape index (κ1) is 11.3. The SMILES string of the molecule is CCCN1C=NN(CCC)C1C(C)C. The predicted molar refractivity (Wildman–Crippen MR) is 61.1 cm³/mol. The summed E-state index contributed by atoms with van der Waals surface area (Å²) in [5.41, 5.74) is 0. The van der Waals surface area contributed by atoms with Crippen molar-refractivity contribution in [2.45, 2.75) is 46.7 Å². The molecule has 0 aliphatic carbocycles. The molecule has 0 aromatic heterocycles. The molecule has 0 bridgehead atoms. The maximum Gasteiger partial charge on any atom is 0.121 e. The Labute approximate surface area is 87.8 Å². The average Bonchev–Trinajstić information content (AvgIpc) is 2.49. The van der Waals surface area contributed by atoms with Crippen molar-refractivity contribution in [1.29, 1.82) is 0 Å². The van der Waals surface area contributed by atoms with Gasteiger partial charge in [0.1, 0.15) is 12.5 Å². The fraction of sp³-hybridized carbons (Fsp3) is 0.909. The van der Waals surface area contributed by atoms with Crippen molar-refractivity contribution in [3.63, 3.8) is 0 Å². The van der Waals surface area contributed by atoms with Gasteiger partial charge >= 0.3 is 0 Å². The molecule has 3 nitrogen and oxygen atoms in total. The van der Waals surface area contributed by atoms with Crippen molar-refractivity contribution >= 4 is 6.34 Å². The Morgan fingerprint density at radius 3 is 2.36 bits per heavy atom. The van der Waals surface area contributed by atoms with Gasteiger partial charge in [0, 0.05) is 13.1 Å². The second-order valence-electron chi connectivity index (χ2n) is 4.29. The van der Waals surface area contributed by atoms with E-state index in [4.69, 9.17) is 0 Å². The van der Waals surface area contributed by atoms with Gasteiger partial charge < -0.3 is 4.90 Å². The molecule has 0 radical (unpaired) electrons. The van der Waals surface area contributed by atoms with Gasteiger partial charge in [0.15, 0.2) is 0 Å². The normalized spacial score (nSPS) is 21.4. The molecule has 82 valence electrons. The lowest BCUT2D eigenvalue weighted by Gasteiger charge is -2.33. The molecule has 1 heterocycles. The van der Waals surface area contributed by atoms with Crippen LogP contribution in [0.3, 0.4) is 0 Å². The van der Waals surface area contributed by atoms with E-state index in [0.717, 1.165) is 13.1 Å². The number of hydrogen-bond acceptors (Lipinski definition) is 3. The maximum atomic E-state index is 4.46. The zero-order valence-electron chi connectivity index (χ0n) is 9.90. The quantitative estimate of drug-likeness (QED) is 0.673. The Bertz CT molecular complexity index is 173. The first-order chi connectivity index (χ1) is 6.70. The summed E-state index contributed by atoms with van der Waals surface area (Å²) in [7, 11) is 0. The van der Waals surface area contributed by atoms with E-state index in [1.165, 1.54) is 12.8 Å². The lowest BCUT2D eigenvalue weighted by molar-refractivity contribution is 0.0893. The van der Waals surface area contributed by atoms with Crippen molar-refractivity contribution in [3.05, 3.63) is 0 Å². The van der Waals surface area contributed by atoms with E-state index in [0.29, 0.717) is 12.1 Å². The maximum absolute atomic E-state index is 4.46. The molecular formula is C11H23N3. The molecule has 1 rings (SSSR count). The lowest BCUT2D eigenvalue weighted by Crippen LogP contribution is -2.44. The van der Waals surface area contributed by atoms with Crippen molar-refractivity contribution in [2.24, 2.45) is 11.0 Å². The van der Waals surface area contributed by atoms with Gasteiger partial charge in [-0.1, -0.05) is 27.7 Å². The summed E-state index contributed by atoms with van der Waals surface area (Å²) < 4.78 is 0. The molecular weight excluding hydrogens is 174 g/mol. The number of rotatable bonds is 5. The van der Waals surface area contributed by atoms with Crippen LogP contribution in [-0.2, 0) is 0 Å². The van der Waals surface area contributed by atoms with Gasteiger partial charge in [-0.25, -0.2) is 0 Å². The molecule has 0 aromatic carbocycles. The first-order valence-corrected chi connectivity index (χ1v) is 5.77. The molecule has 0 spiro atoms. The summed E-state index contributed by atoms with van der Waals surface area (Å²) in [6.45, 7) is 11.1. The number of nitrogens with zero attached hydrogens (tertiary/aromatic N) is 3. The monoisotopic (exact) mass is 197 g/mol. The van der Waals surface area contributed by atoms with Crippen LogP contribution in [0.15, 0.2) is 5.10 Å². The third kappa shape index (κ3) is 2.40.